The quantitative estimate of drug-likeness (QED) is 0.470. The van der Waals surface area contributed by atoms with Crippen molar-refractivity contribution in [1.82, 2.24) is 9.96 Å². The molecule has 152 valence electrons. The molecular weight excluding hydrogens is 340 g/mol. The van der Waals surface area contributed by atoms with E-state index in [-0.39, 0.29) is 0 Å². The summed E-state index contributed by atoms with van der Waals surface area (Å²) in [6, 6.07) is 0. The molecule has 26 heavy (non-hydrogen) atoms. The number of nitrogens with zero attached hydrogens (tertiary/aromatic N) is 2. The number of allylic oxidation sites excluding steroid dienone is 1. The van der Waals surface area contributed by atoms with E-state index in [1.807, 2.05) is 0 Å². The van der Waals surface area contributed by atoms with Gasteiger partial charge in [0.25, 0.3) is 0 Å². The minimum atomic E-state index is 0.379. The van der Waals surface area contributed by atoms with E-state index in [1.165, 1.54) is 38.5 Å². The lowest BCUT2D eigenvalue weighted by molar-refractivity contribution is -0.773. The fourth-order valence-electron chi connectivity index (χ4n) is 3.18. The van der Waals surface area contributed by atoms with E-state index in [1.54, 1.807) is 5.06 Å². The van der Waals surface area contributed by atoms with Crippen LogP contribution in [0.5, 0.6) is 0 Å². The van der Waals surface area contributed by atoms with E-state index in [4.69, 9.17) is 9.88 Å². The van der Waals surface area contributed by atoms with Crippen LogP contribution in [-0.4, -0.2) is 49.3 Å². The third kappa shape index (κ3) is 11.2. The molecule has 0 aromatic rings. The zero-order valence-electron chi connectivity index (χ0n) is 15.8. The number of hydroxylamine groups is 2. The molecule has 2 unspecified atom stereocenters. The van der Waals surface area contributed by atoms with Gasteiger partial charge in [0.15, 0.2) is 0 Å². The summed E-state index contributed by atoms with van der Waals surface area (Å²) >= 11 is 0. The van der Waals surface area contributed by atoms with Crippen LogP contribution in [0.2, 0.25) is 0 Å². The summed E-state index contributed by atoms with van der Waals surface area (Å²) in [6.07, 6.45) is 16.3. The molecule has 3 aliphatic rings. The number of rotatable bonds is 0. The maximum atomic E-state index is 5.15. The van der Waals surface area contributed by atoms with Gasteiger partial charge < -0.3 is 0 Å². The predicted molar refractivity (Wildman–Crippen MR) is 94.7 cm³/mol. The molecule has 3 aliphatic heterocycles. The minimum Gasteiger partial charge on any atom is -0.297 e. The SMILES string of the molecule is C1=CCN2CCCCCCCCN(CCCCC1)OOOOOOCC2. The summed E-state index contributed by atoms with van der Waals surface area (Å²) in [6.45, 7) is 4.73. The van der Waals surface area contributed by atoms with Gasteiger partial charge in [0.05, 0.1) is 6.61 Å². The van der Waals surface area contributed by atoms with Crippen LogP contribution in [0, 0.1) is 0 Å². The van der Waals surface area contributed by atoms with Gasteiger partial charge in [0.1, 0.15) is 0 Å². The van der Waals surface area contributed by atoms with Crippen LogP contribution in [-0.2, 0) is 30.0 Å². The van der Waals surface area contributed by atoms with Crippen LogP contribution >= 0.6 is 0 Å². The highest BCUT2D eigenvalue weighted by Gasteiger charge is 2.09. The Morgan fingerprint density at radius 2 is 1.27 bits per heavy atom. The van der Waals surface area contributed by atoms with Gasteiger partial charge in [0, 0.05) is 26.2 Å². The first-order valence-corrected chi connectivity index (χ1v) is 10.0. The first-order chi connectivity index (χ1) is 12.9. The molecule has 0 radical (unpaired) electrons. The molecule has 8 heteroatoms. The summed E-state index contributed by atoms with van der Waals surface area (Å²) in [5.74, 6) is 0. The zero-order valence-corrected chi connectivity index (χ0v) is 15.8. The first-order valence-electron chi connectivity index (χ1n) is 10.0. The molecule has 0 aromatic heterocycles. The van der Waals surface area contributed by atoms with Gasteiger partial charge in [-0.25, -0.2) is 4.89 Å². The van der Waals surface area contributed by atoms with Gasteiger partial charge in [-0.15, -0.1) is 4.99 Å². The Labute approximate surface area is 156 Å². The molecule has 3 rings (SSSR count). The van der Waals surface area contributed by atoms with E-state index in [0.29, 0.717) is 6.61 Å². The van der Waals surface area contributed by atoms with Gasteiger partial charge in [-0.1, -0.05) is 44.3 Å². The Bertz CT molecular complexity index is 339. The van der Waals surface area contributed by atoms with Crippen LogP contribution in [0.15, 0.2) is 12.2 Å². The summed E-state index contributed by atoms with van der Waals surface area (Å²) in [7, 11) is 0. The smallest absolute Gasteiger partial charge is 0.0982 e. The van der Waals surface area contributed by atoms with Gasteiger partial charge >= 0.3 is 0 Å². The molecule has 2 bridgehead atoms. The Morgan fingerprint density at radius 1 is 0.577 bits per heavy atom. The van der Waals surface area contributed by atoms with Gasteiger partial charge in [-0.05, 0) is 58.8 Å². The van der Waals surface area contributed by atoms with Gasteiger partial charge in [0.2, 0.25) is 0 Å². The summed E-state index contributed by atoms with van der Waals surface area (Å²) in [5.41, 5.74) is 0. The second-order valence-corrected chi connectivity index (χ2v) is 6.84. The lowest BCUT2D eigenvalue weighted by Crippen LogP contribution is -2.29. The van der Waals surface area contributed by atoms with Crippen LogP contribution in [0.3, 0.4) is 0 Å². The van der Waals surface area contributed by atoms with Crippen LogP contribution in [0.25, 0.3) is 0 Å². The second-order valence-electron chi connectivity index (χ2n) is 6.84. The molecule has 8 nitrogen and oxygen atoms in total. The second kappa shape index (κ2) is 15.5. The summed E-state index contributed by atoms with van der Waals surface area (Å²) in [5, 5.41) is 19.5. The third-order valence-corrected chi connectivity index (χ3v) is 4.70. The van der Waals surface area contributed by atoms with Crippen molar-refractivity contribution in [3.05, 3.63) is 12.2 Å². The van der Waals surface area contributed by atoms with Crippen LogP contribution in [0.4, 0.5) is 0 Å². The fraction of sp³-hybridized carbons (Fsp3) is 0.889. The van der Waals surface area contributed by atoms with Crippen molar-refractivity contribution in [2.24, 2.45) is 0 Å². The van der Waals surface area contributed by atoms with E-state index < -0.39 is 0 Å². The van der Waals surface area contributed by atoms with E-state index in [2.05, 4.69) is 37.2 Å². The Kier molecular flexibility index (Phi) is 12.9. The maximum Gasteiger partial charge on any atom is 0.0982 e. The van der Waals surface area contributed by atoms with E-state index >= 15 is 0 Å². The van der Waals surface area contributed by atoms with Crippen molar-refractivity contribution in [3.63, 3.8) is 0 Å². The monoisotopic (exact) mass is 374 g/mol. The van der Waals surface area contributed by atoms with E-state index in [9.17, 15) is 0 Å². The highest BCUT2D eigenvalue weighted by atomic mass is 17.8. The number of hydrogen-bond donors (Lipinski definition) is 0. The molecule has 0 N–H and O–H groups in total. The molecule has 1 fully saturated rings. The van der Waals surface area contributed by atoms with Crippen molar-refractivity contribution in [2.75, 3.05) is 39.3 Å². The molecule has 0 aromatic carbocycles. The first kappa shape index (κ1) is 21.7. The molecule has 1 saturated heterocycles. The molecule has 3 heterocycles. The normalized spacial score (nSPS) is 29.8. The van der Waals surface area contributed by atoms with Gasteiger partial charge in [-0.2, -0.15) is 5.06 Å². The topological polar surface area (TPSA) is 61.9 Å². The molecule has 0 saturated carbocycles. The Hall–Kier alpha value is -0.580. The molecular formula is C18H34N2O6. The fourth-order valence-corrected chi connectivity index (χ4v) is 3.18. The molecule has 0 spiro atoms. The lowest BCUT2D eigenvalue weighted by Gasteiger charge is -2.21. The summed E-state index contributed by atoms with van der Waals surface area (Å²) in [4.78, 5) is 12.5. The lowest BCUT2D eigenvalue weighted by atomic mass is 10.1. The third-order valence-electron chi connectivity index (χ3n) is 4.70. The Balaban J connectivity index is 1.91. The number of fused-ring (bicyclic) bond motifs is 20. The Morgan fingerprint density at radius 3 is 2.12 bits per heavy atom. The average molecular weight is 374 g/mol. The van der Waals surface area contributed by atoms with E-state index in [0.717, 1.165) is 58.4 Å². The average Bonchev–Trinajstić information content (AvgIpc) is 2.65. The highest BCUT2D eigenvalue weighted by Crippen LogP contribution is 2.10. The van der Waals surface area contributed by atoms with Crippen LogP contribution < -0.4 is 0 Å². The zero-order chi connectivity index (χ0) is 18.1. The van der Waals surface area contributed by atoms with Crippen molar-refractivity contribution in [1.29, 1.82) is 0 Å². The highest BCUT2D eigenvalue weighted by molar-refractivity contribution is 4.85. The predicted octanol–water partition coefficient (Wildman–Crippen LogP) is 3.66. The number of hydrogen-bond acceptors (Lipinski definition) is 8. The van der Waals surface area contributed by atoms with Crippen LogP contribution in [0.1, 0.15) is 64.2 Å². The van der Waals surface area contributed by atoms with Crippen molar-refractivity contribution in [2.45, 2.75) is 64.2 Å². The maximum absolute atomic E-state index is 5.15. The molecule has 0 aliphatic carbocycles. The van der Waals surface area contributed by atoms with Crippen molar-refractivity contribution in [3.8, 4) is 0 Å². The van der Waals surface area contributed by atoms with Crippen molar-refractivity contribution < 1.29 is 30.0 Å². The minimum absolute atomic E-state index is 0.379. The molecule has 0 amide bonds. The van der Waals surface area contributed by atoms with Gasteiger partial charge in [-0.3, -0.25) is 4.90 Å². The standard InChI is InChI=1S/C18H34N2O6/c1-3-7-11-15-20-16-12-8-4-2-6-10-14-19(13-9-5-1)17-18-21-23-25-26-24-22-20/h5,9H,1-4,6-8,10-18H2. The summed E-state index contributed by atoms with van der Waals surface area (Å²) < 4.78 is 0. The largest absolute Gasteiger partial charge is 0.297 e. The van der Waals surface area contributed by atoms with Crippen molar-refractivity contribution >= 4 is 0 Å². The molecule has 2 atom stereocenters.